The molecule has 0 spiro atoms. The van der Waals surface area contributed by atoms with Crippen LogP contribution in [0.2, 0.25) is 0 Å². The van der Waals surface area contributed by atoms with Gasteiger partial charge in [0, 0.05) is 6.21 Å². The lowest BCUT2D eigenvalue weighted by Crippen LogP contribution is -2.02. The van der Waals surface area contributed by atoms with E-state index in [0.717, 1.165) is 6.20 Å². The average Bonchev–Trinajstić information content (AvgIpc) is 1.81. The van der Waals surface area contributed by atoms with Gasteiger partial charge < -0.3 is 5.73 Å². The Kier molecular flexibility index (Phi) is 2.92. The quantitative estimate of drug-likeness (QED) is 0.448. The van der Waals surface area contributed by atoms with E-state index in [-0.39, 0.29) is 5.57 Å². The lowest BCUT2D eigenvalue weighted by molar-refractivity contribution is -0.119. The van der Waals surface area contributed by atoms with Crippen LogP contribution >= 0.6 is 0 Å². The molecule has 0 radical (unpaired) electrons. The molecule has 5 heteroatoms. The predicted octanol–water partition coefficient (Wildman–Crippen LogP) is 1.44. The molecule has 0 aromatic carbocycles. The van der Waals surface area contributed by atoms with Gasteiger partial charge in [-0.05, 0) is 18.7 Å². The highest BCUT2D eigenvalue weighted by Gasteiger charge is 2.24. The van der Waals surface area contributed by atoms with Crippen LogP contribution in [0.1, 0.15) is 6.92 Å². The summed E-state index contributed by atoms with van der Waals surface area (Å²) in [6.45, 7) is 1.43. The molecule has 0 aromatic heterocycles. The molecule has 0 atom stereocenters. The molecule has 58 valence electrons. The van der Waals surface area contributed by atoms with Crippen molar-refractivity contribution in [1.29, 1.82) is 0 Å². The van der Waals surface area contributed by atoms with Crippen LogP contribution in [0, 0.1) is 0 Å². The van der Waals surface area contributed by atoms with Crippen molar-refractivity contribution >= 4 is 6.21 Å². The number of allylic oxidation sites excluding steroid dienone is 1. The zero-order chi connectivity index (χ0) is 8.20. The normalized spacial score (nSPS) is 14.6. The smallest absolute Gasteiger partial charge is 0.404 e. The van der Waals surface area contributed by atoms with E-state index < -0.39 is 6.30 Å². The van der Waals surface area contributed by atoms with Crippen LogP contribution in [0.4, 0.5) is 13.2 Å². The first-order valence-electron chi connectivity index (χ1n) is 2.46. The predicted molar refractivity (Wildman–Crippen MR) is 32.5 cm³/mol. The van der Waals surface area contributed by atoms with Gasteiger partial charge in [-0.3, -0.25) is 0 Å². The number of nitrogens with zero attached hydrogens (tertiary/aromatic N) is 1. The van der Waals surface area contributed by atoms with Crippen molar-refractivity contribution in [1.82, 2.24) is 0 Å². The number of halogens is 3. The third-order valence-electron chi connectivity index (χ3n) is 0.677. The maximum Gasteiger partial charge on any atom is 0.503 e. The van der Waals surface area contributed by atoms with Gasteiger partial charge in [-0.2, -0.15) is 4.99 Å². The molecule has 0 fully saturated rings. The van der Waals surface area contributed by atoms with Gasteiger partial charge in [0.05, 0.1) is 0 Å². The monoisotopic (exact) mass is 152 g/mol. The third kappa shape index (κ3) is 5.14. The molecule has 0 saturated heterocycles. The Labute approximate surface area is 56.2 Å². The van der Waals surface area contributed by atoms with Crippen molar-refractivity contribution in [2.24, 2.45) is 10.7 Å². The molecule has 2 nitrogen and oxygen atoms in total. The second-order valence-corrected chi connectivity index (χ2v) is 1.64. The van der Waals surface area contributed by atoms with Crippen LogP contribution in [0.5, 0.6) is 0 Å². The van der Waals surface area contributed by atoms with Crippen molar-refractivity contribution in [3.63, 3.8) is 0 Å². The van der Waals surface area contributed by atoms with E-state index in [1.807, 2.05) is 0 Å². The zero-order valence-electron chi connectivity index (χ0n) is 5.31. The Morgan fingerprint density at radius 2 is 2.00 bits per heavy atom. The summed E-state index contributed by atoms with van der Waals surface area (Å²) in [7, 11) is 0. The molecule has 0 heterocycles. The van der Waals surface area contributed by atoms with E-state index in [9.17, 15) is 13.2 Å². The molecule has 0 rings (SSSR count). The number of nitrogens with two attached hydrogens (primary N) is 1. The summed E-state index contributed by atoms with van der Waals surface area (Å²) >= 11 is 0. The van der Waals surface area contributed by atoms with Gasteiger partial charge in [0.2, 0.25) is 0 Å². The van der Waals surface area contributed by atoms with E-state index in [1.54, 1.807) is 0 Å². The maximum atomic E-state index is 11.3. The summed E-state index contributed by atoms with van der Waals surface area (Å²) in [6.07, 6.45) is -2.78. The second kappa shape index (κ2) is 3.24. The van der Waals surface area contributed by atoms with Gasteiger partial charge in [0.15, 0.2) is 0 Å². The highest BCUT2D eigenvalue weighted by molar-refractivity contribution is 5.77. The van der Waals surface area contributed by atoms with Gasteiger partial charge in [0.1, 0.15) is 0 Å². The molecule has 0 amide bonds. The molecule has 0 aliphatic heterocycles. The molecule has 0 aliphatic rings. The first-order valence-corrected chi connectivity index (χ1v) is 2.46. The van der Waals surface area contributed by atoms with E-state index in [4.69, 9.17) is 5.73 Å². The largest absolute Gasteiger partial charge is 0.503 e. The lowest BCUT2D eigenvalue weighted by Gasteiger charge is -1.95. The second-order valence-electron chi connectivity index (χ2n) is 1.64. The van der Waals surface area contributed by atoms with Gasteiger partial charge in [-0.25, -0.2) is 0 Å². The fourth-order valence-corrected chi connectivity index (χ4v) is 0.218. The first kappa shape index (κ1) is 9.00. The molecule has 0 bridgehead atoms. The molecule has 0 aromatic rings. The van der Waals surface area contributed by atoms with Gasteiger partial charge in [0.25, 0.3) is 0 Å². The Bertz CT molecular complexity index is 157. The Morgan fingerprint density at radius 1 is 1.50 bits per heavy atom. The van der Waals surface area contributed by atoms with Crippen molar-refractivity contribution in [2.45, 2.75) is 13.2 Å². The van der Waals surface area contributed by atoms with Crippen LogP contribution in [-0.2, 0) is 0 Å². The standard InChI is InChI=1S/C5H7F3N2/c1-4(2-9)3-10-5(6,7)8/h2-3H,9H2,1H3. The molecule has 0 aliphatic carbocycles. The summed E-state index contributed by atoms with van der Waals surface area (Å²) in [5, 5.41) is 0. The lowest BCUT2D eigenvalue weighted by atomic mass is 10.4. The number of aliphatic imine (C=N–C) groups is 1. The molecule has 10 heavy (non-hydrogen) atoms. The van der Waals surface area contributed by atoms with Gasteiger partial charge >= 0.3 is 6.30 Å². The van der Waals surface area contributed by atoms with E-state index in [2.05, 4.69) is 4.99 Å². The fourth-order valence-electron chi connectivity index (χ4n) is 0.218. The fraction of sp³-hybridized carbons (Fsp3) is 0.400. The highest BCUT2D eigenvalue weighted by Crippen LogP contribution is 2.15. The summed E-state index contributed by atoms with van der Waals surface area (Å²) in [4.78, 5) is 2.25. The number of rotatable bonds is 1. The van der Waals surface area contributed by atoms with Gasteiger partial charge in [-0.15, -0.1) is 13.2 Å². The van der Waals surface area contributed by atoms with E-state index in [1.165, 1.54) is 6.92 Å². The molecular weight excluding hydrogens is 145 g/mol. The summed E-state index contributed by atoms with van der Waals surface area (Å²) in [5.74, 6) is 0. The van der Waals surface area contributed by atoms with Crippen molar-refractivity contribution in [3.05, 3.63) is 11.8 Å². The Hall–Kier alpha value is -1.00. The van der Waals surface area contributed by atoms with Crippen LogP contribution in [0.25, 0.3) is 0 Å². The summed E-state index contributed by atoms with van der Waals surface area (Å²) < 4.78 is 33.9. The van der Waals surface area contributed by atoms with Crippen LogP contribution in [0.3, 0.4) is 0 Å². The van der Waals surface area contributed by atoms with Crippen molar-refractivity contribution in [3.8, 4) is 0 Å². The van der Waals surface area contributed by atoms with E-state index >= 15 is 0 Å². The minimum absolute atomic E-state index is 0.275. The van der Waals surface area contributed by atoms with Crippen molar-refractivity contribution in [2.75, 3.05) is 0 Å². The first-order chi connectivity index (χ1) is 4.45. The topological polar surface area (TPSA) is 38.4 Å². The zero-order valence-corrected chi connectivity index (χ0v) is 5.31. The molecule has 0 saturated carbocycles. The average molecular weight is 152 g/mol. The van der Waals surface area contributed by atoms with Crippen LogP contribution in [0.15, 0.2) is 16.8 Å². The minimum Gasteiger partial charge on any atom is -0.404 e. The summed E-state index contributed by atoms with van der Waals surface area (Å²) in [6, 6.07) is 0. The SMILES string of the molecule is CC(C=NC(F)(F)F)=CN. The summed E-state index contributed by atoms with van der Waals surface area (Å²) in [5.41, 5.74) is 5.16. The molecular formula is C5H7F3N2. The van der Waals surface area contributed by atoms with Crippen LogP contribution in [-0.4, -0.2) is 12.5 Å². The number of alkyl halides is 3. The minimum atomic E-state index is -4.50. The number of hydrogen-bond acceptors (Lipinski definition) is 2. The molecule has 0 unspecified atom stereocenters. The van der Waals surface area contributed by atoms with Crippen molar-refractivity contribution < 1.29 is 13.2 Å². The van der Waals surface area contributed by atoms with Gasteiger partial charge in [-0.1, -0.05) is 0 Å². The maximum absolute atomic E-state index is 11.3. The third-order valence-corrected chi connectivity index (χ3v) is 0.677. The van der Waals surface area contributed by atoms with Crippen LogP contribution < -0.4 is 5.73 Å². The molecule has 2 N–H and O–H groups in total. The number of hydrogen-bond donors (Lipinski definition) is 1. The Balaban J connectivity index is 4.01. The highest BCUT2D eigenvalue weighted by atomic mass is 19.4. The Morgan fingerprint density at radius 3 is 2.30 bits per heavy atom. The van der Waals surface area contributed by atoms with E-state index in [0.29, 0.717) is 6.21 Å².